The second-order valence-corrected chi connectivity index (χ2v) is 7.56. The van der Waals surface area contributed by atoms with E-state index in [1.54, 1.807) is 6.20 Å². The van der Waals surface area contributed by atoms with E-state index in [-0.39, 0.29) is 5.78 Å². The number of thiazole rings is 1. The second-order valence-electron chi connectivity index (χ2n) is 6.53. The summed E-state index contributed by atoms with van der Waals surface area (Å²) in [6, 6.07) is 7.48. The van der Waals surface area contributed by atoms with E-state index in [2.05, 4.69) is 15.6 Å². The number of aromatic nitrogens is 1. The van der Waals surface area contributed by atoms with Crippen LogP contribution in [-0.2, 0) is 4.74 Å². The SMILES string of the molecule is Cc1ccccc1C(=O)c1cnc(NCCNC(=O)OC(C)(C)C)s1. The molecule has 6 nitrogen and oxygen atoms in total. The molecule has 0 saturated carbocycles. The highest BCUT2D eigenvalue weighted by Gasteiger charge is 2.16. The molecule has 0 bridgehead atoms. The van der Waals surface area contributed by atoms with Crippen LogP contribution in [-0.4, -0.2) is 35.6 Å². The smallest absolute Gasteiger partial charge is 0.407 e. The Morgan fingerprint density at radius 1 is 1.20 bits per heavy atom. The fourth-order valence-electron chi connectivity index (χ4n) is 2.07. The summed E-state index contributed by atoms with van der Waals surface area (Å²) >= 11 is 1.30. The molecule has 7 heteroatoms. The van der Waals surface area contributed by atoms with Crippen molar-refractivity contribution in [2.75, 3.05) is 18.4 Å². The van der Waals surface area contributed by atoms with Crippen LogP contribution in [0.2, 0.25) is 0 Å². The first kappa shape index (κ1) is 18.9. The minimum atomic E-state index is -0.516. The monoisotopic (exact) mass is 361 g/mol. The lowest BCUT2D eigenvalue weighted by molar-refractivity contribution is 0.0530. The minimum absolute atomic E-state index is 0.0319. The van der Waals surface area contributed by atoms with Crippen molar-refractivity contribution in [1.29, 1.82) is 0 Å². The van der Waals surface area contributed by atoms with Crippen molar-refractivity contribution >= 4 is 28.3 Å². The molecule has 0 aliphatic rings. The summed E-state index contributed by atoms with van der Waals surface area (Å²) in [5, 5.41) is 6.39. The van der Waals surface area contributed by atoms with Crippen LogP contribution in [0.5, 0.6) is 0 Å². The fraction of sp³-hybridized carbons (Fsp3) is 0.389. The van der Waals surface area contributed by atoms with Crippen molar-refractivity contribution < 1.29 is 14.3 Å². The number of carbonyl (C=O) groups is 2. The van der Waals surface area contributed by atoms with Gasteiger partial charge in [0.15, 0.2) is 5.13 Å². The molecule has 0 aliphatic carbocycles. The van der Waals surface area contributed by atoms with E-state index in [1.165, 1.54) is 11.3 Å². The zero-order valence-electron chi connectivity index (χ0n) is 14.9. The highest BCUT2D eigenvalue weighted by atomic mass is 32.1. The number of benzene rings is 1. The van der Waals surface area contributed by atoms with Crippen LogP contribution in [0, 0.1) is 6.92 Å². The third-order valence-electron chi connectivity index (χ3n) is 3.19. The maximum atomic E-state index is 12.5. The van der Waals surface area contributed by atoms with E-state index in [0.29, 0.717) is 28.7 Å². The maximum absolute atomic E-state index is 12.5. The van der Waals surface area contributed by atoms with Gasteiger partial charge in [-0.05, 0) is 33.3 Å². The molecule has 0 aliphatic heterocycles. The van der Waals surface area contributed by atoms with Crippen molar-refractivity contribution in [3.8, 4) is 0 Å². The van der Waals surface area contributed by atoms with Gasteiger partial charge >= 0.3 is 6.09 Å². The van der Waals surface area contributed by atoms with Crippen molar-refractivity contribution in [2.24, 2.45) is 0 Å². The molecule has 0 fully saturated rings. The van der Waals surface area contributed by atoms with Crippen LogP contribution in [0.4, 0.5) is 9.93 Å². The van der Waals surface area contributed by atoms with Crippen LogP contribution < -0.4 is 10.6 Å². The lowest BCUT2D eigenvalue weighted by atomic mass is 10.0. The summed E-state index contributed by atoms with van der Waals surface area (Å²) in [7, 11) is 0. The highest BCUT2D eigenvalue weighted by Crippen LogP contribution is 2.22. The van der Waals surface area contributed by atoms with Gasteiger partial charge in [0.05, 0.1) is 11.1 Å². The molecular formula is C18H23N3O3S. The van der Waals surface area contributed by atoms with Crippen LogP contribution >= 0.6 is 11.3 Å². The number of ether oxygens (including phenoxy) is 1. The van der Waals surface area contributed by atoms with E-state index in [9.17, 15) is 9.59 Å². The lowest BCUT2D eigenvalue weighted by Crippen LogP contribution is -2.34. The molecule has 1 heterocycles. The Morgan fingerprint density at radius 2 is 1.92 bits per heavy atom. The number of alkyl carbamates (subject to hydrolysis) is 1. The Hall–Kier alpha value is -2.41. The van der Waals surface area contributed by atoms with Gasteiger partial charge in [-0.15, -0.1) is 0 Å². The summed E-state index contributed by atoms with van der Waals surface area (Å²) in [5.74, 6) is -0.0319. The quantitative estimate of drug-likeness (QED) is 0.607. The zero-order valence-corrected chi connectivity index (χ0v) is 15.7. The summed E-state index contributed by atoms with van der Waals surface area (Å²) in [6.45, 7) is 8.24. The van der Waals surface area contributed by atoms with Gasteiger partial charge in [-0.25, -0.2) is 9.78 Å². The van der Waals surface area contributed by atoms with Gasteiger partial charge in [-0.1, -0.05) is 35.6 Å². The molecule has 1 amide bonds. The van der Waals surface area contributed by atoms with Crippen LogP contribution in [0.25, 0.3) is 0 Å². The molecule has 0 unspecified atom stereocenters. The molecule has 134 valence electrons. The molecule has 2 aromatic rings. The van der Waals surface area contributed by atoms with Gasteiger partial charge in [0.1, 0.15) is 5.60 Å². The van der Waals surface area contributed by atoms with E-state index >= 15 is 0 Å². The molecule has 0 atom stereocenters. The number of carbonyl (C=O) groups excluding carboxylic acids is 2. The van der Waals surface area contributed by atoms with Crippen LogP contribution in [0.3, 0.4) is 0 Å². The molecule has 0 saturated heterocycles. The number of nitrogens with zero attached hydrogens (tertiary/aromatic N) is 1. The van der Waals surface area contributed by atoms with Crippen molar-refractivity contribution in [2.45, 2.75) is 33.3 Å². The Balaban J connectivity index is 1.83. The summed E-state index contributed by atoms with van der Waals surface area (Å²) in [4.78, 5) is 28.8. The Kier molecular flexibility index (Phi) is 6.14. The Bertz CT molecular complexity index is 750. The summed E-state index contributed by atoms with van der Waals surface area (Å²) in [6.07, 6.45) is 1.12. The average molecular weight is 361 g/mol. The number of rotatable bonds is 6. The van der Waals surface area contributed by atoms with Crippen LogP contribution in [0.1, 0.15) is 41.6 Å². The molecule has 1 aromatic heterocycles. The number of hydrogen-bond acceptors (Lipinski definition) is 6. The van der Waals surface area contributed by atoms with Crippen molar-refractivity contribution in [3.05, 3.63) is 46.5 Å². The van der Waals surface area contributed by atoms with Crippen molar-refractivity contribution in [3.63, 3.8) is 0 Å². The van der Waals surface area contributed by atoms with Gasteiger partial charge in [0.2, 0.25) is 5.78 Å². The van der Waals surface area contributed by atoms with Gasteiger partial charge < -0.3 is 15.4 Å². The zero-order chi connectivity index (χ0) is 18.4. The maximum Gasteiger partial charge on any atom is 0.407 e. The third-order valence-corrected chi connectivity index (χ3v) is 4.14. The predicted molar refractivity (Wildman–Crippen MR) is 99.5 cm³/mol. The van der Waals surface area contributed by atoms with Gasteiger partial charge in [0, 0.05) is 18.7 Å². The number of nitrogens with one attached hydrogen (secondary N) is 2. The van der Waals surface area contributed by atoms with E-state index in [4.69, 9.17) is 4.74 Å². The Labute approximate surface area is 151 Å². The number of amides is 1. The largest absolute Gasteiger partial charge is 0.444 e. The third kappa shape index (κ3) is 5.86. The average Bonchev–Trinajstić information content (AvgIpc) is 2.98. The molecule has 2 N–H and O–H groups in total. The normalized spacial score (nSPS) is 11.0. The number of anilines is 1. The highest BCUT2D eigenvalue weighted by molar-refractivity contribution is 7.17. The second kappa shape index (κ2) is 8.11. The van der Waals surface area contributed by atoms with Crippen molar-refractivity contribution in [1.82, 2.24) is 10.3 Å². The van der Waals surface area contributed by atoms with Gasteiger partial charge in [0.25, 0.3) is 0 Å². The number of hydrogen-bond donors (Lipinski definition) is 2. The first-order valence-corrected chi connectivity index (χ1v) is 8.85. The molecule has 1 aromatic carbocycles. The standard InChI is InChI=1S/C18H23N3O3S/c1-12-7-5-6-8-13(12)15(22)14-11-21-16(25-14)19-9-10-20-17(23)24-18(2,3)4/h5-8,11H,9-10H2,1-4H3,(H,19,21)(H,20,23). The van der Waals surface area contributed by atoms with Crippen LogP contribution in [0.15, 0.2) is 30.5 Å². The van der Waals surface area contributed by atoms with Gasteiger partial charge in [-0.3, -0.25) is 4.79 Å². The molecule has 2 rings (SSSR count). The fourth-order valence-corrected chi connectivity index (χ4v) is 2.87. The first-order valence-electron chi connectivity index (χ1n) is 8.03. The number of aryl methyl sites for hydroxylation is 1. The first-order chi connectivity index (χ1) is 11.8. The lowest BCUT2D eigenvalue weighted by Gasteiger charge is -2.19. The van der Waals surface area contributed by atoms with E-state index in [0.717, 1.165) is 5.56 Å². The van der Waals surface area contributed by atoms with E-state index < -0.39 is 11.7 Å². The minimum Gasteiger partial charge on any atom is -0.444 e. The summed E-state index contributed by atoms with van der Waals surface area (Å²) in [5.41, 5.74) is 1.11. The number of ketones is 1. The molecule has 25 heavy (non-hydrogen) atoms. The van der Waals surface area contributed by atoms with E-state index in [1.807, 2.05) is 52.0 Å². The topological polar surface area (TPSA) is 80.3 Å². The Morgan fingerprint density at radius 3 is 2.60 bits per heavy atom. The van der Waals surface area contributed by atoms with Gasteiger partial charge in [-0.2, -0.15) is 0 Å². The molecule has 0 spiro atoms. The molecular weight excluding hydrogens is 338 g/mol. The summed E-state index contributed by atoms with van der Waals surface area (Å²) < 4.78 is 5.15. The molecule has 0 radical (unpaired) electrons. The predicted octanol–water partition coefficient (Wildman–Crippen LogP) is 3.62.